The molecule has 0 aromatic carbocycles. The number of carbonyl (C=O) groups is 2. The average molecular weight is 487 g/mol. The molecule has 180 valence electrons. The van der Waals surface area contributed by atoms with Crippen molar-refractivity contribution in [2.75, 3.05) is 0 Å². The van der Waals surface area contributed by atoms with Crippen LogP contribution in [0.5, 0.6) is 0 Å². The molecule has 6 N–H and O–H groups in total. The molecule has 0 aromatic rings. The van der Waals surface area contributed by atoms with Crippen LogP contribution in [0, 0.1) is 0 Å². The van der Waals surface area contributed by atoms with Gasteiger partial charge in [0.1, 0.15) is 12.1 Å². The summed E-state index contributed by atoms with van der Waals surface area (Å²) in [6.07, 6.45) is -9.65. The van der Waals surface area contributed by atoms with Gasteiger partial charge in [-0.15, -0.1) is 24.8 Å². The highest BCUT2D eigenvalue weighted by molar-refractivity contribution is 5.85. The van der Waals surface area contributed by atoms with Gasteiger partial charge in [0.05, 0.1) is 0 Å². The van der Waals surface area contributed by atoms with E-state index in [-0.39, 0.29) is 70.8 Å². The molecule has 0 radical (unpaired) electrons. The zero-order valence-corrected chi connectivity index (χ0v) is 16.4. The molecule has 6 nitrogen and oxygen atoms in total. The van der Waals surface area contributed by atoms with Gasteiger partial charge in [-0.05, 0) is 25.7 Å². The topological polar surface area (TPSA) is 127 Å². The van der Waals surface area contributed by atoms with E-state index in [4.69, 9.17) is 21.7 Å². The molecule has 29 heavy (non-hydrogen) atoms. The lowest BCUT2D eigenvalue weighted by atomic mass is 10.1. The van der Waals surface area contributed by atoms with Gasteiger partial charge < -0.3 is 21.7 Å². The summed E-state index contributed by atoms with van der Waals surface area (Å²) in [7, 11) is 0. The average Bonchev–Trinajstić information content (AvgIpc) is 2.46. The maximum atomic E-state index is 11.6. The molecule has 0 amide bonds. The van der Waals surface area contributed by atoms with E-state index in [9.17, 15) is 35.9 Å². The first kappa shape index (κ1) is 38.6. The Bertz CT molecular complexity index is 389. The molecule has 0 unspecified atom stereocenters. The van der Waals surface area contributed by atoms with E-state index in [0.29, 0.717) is 0 Å². The normalized spacial score (nSPS) is 12.7. The molecule has 14 heteroatoms. The van der Waals surface area contributed by atoms with E-state index in [1.165, 1.54) is 0 Å². The van der Waals surface area contributed by atoms with Gasteiger partial charge in [0, 0.05) is 12.8 Å². The lowest BCUT2D eigenvalue weighted by Gasteiger charge is -2.07. The predicted molar refractivity (Wildman–Crippen MR) is 101 cm³/mol. The first-order chi connectivity index (χ1) is 11.7. The second-order valence-corrected chi connectivity index (χ2v) is 5.61. The van der Waals surface area contributed by atoms with E-state index < -0.39 is 49.2 Å². The Kier molecular flexibility index (Phi) is 25.3. The minimum absolute atomic E-state index is 0. The molecule has 0 aliphatic rings. The quantitative estimate of drug-likeness (QED) is 0.265. The molecule has 0 aliphatic carbocycles. The van der Waals surface area contributed by atoms with E-state index in [0.717, 1.165) is 0 Å². The third kappa shape index (κ3) is 31.9. The van der Waals surface area contributed by atoms with Crippen molar-refractivity contribution in [2.24, 2.45) is 11.5 Å². The Morgan fingerprint density at radius 2 is 0.931 bits per heavy atom. The number of hydrogen-bond donors (Lipinski definition) is 4. The minimum Gasteiger partial charge on any atom is -0.480 e. The Morgan fingerprint density at radius 1 is 0.690 bits per heavy atom. The van der Waals surface area contributed by atoms with E-state index in [1.807, 2.05) is 0 Å². The van der Waals surface area contributed by atoms with Crippen LogP contribution in [0.25, 0.3) is 0 Å². The second-order valence-electron chi connectivity index (χ2n) is 5.61. The number of aliphatic carboxylic acids is 2. The number of halogens is 8. The molecule has 0 saturated carbocycles. The molecule has 0 saturated heterocycles. The van der Waals surface area contributed by atoms with Crippen LogP contribution in [0.3, 0.4) is 0 Å². The highest BCUT2D eigenvalue weighted by Crippen LogP contribution is 2.23. The maximum Gasteiger partial charge on any atom is 0.389 e. The zero-order valence-electron chi connectivity index (χ0n) is 14.8. The molecular formula is C15H30Cl2F6N2O4. The van der Waals surface area contributed by atoms with Gasteiger partial charge in [-0.2, -0.15) is 26.3 Å². The van der Waals surface area contributed by atoms with Crippen molar-refractivity contribution in [3.63, 3.8) is 0 Å². The summed E-state index contributed by atoms with van der Waals surface area (Å²) in [5.74, 6) is -2.35. The summed E-state index contributed by atoms with van der Waals surface area (Å²) in [6, 6.07) is -2.10. The number of hydrogen-bond acceptors (Lipinski definition) is 4. The molecule has 2 atom stereocenters. The van der Waals surface area contributed by atoms with Crippen molar-refractivity contribution in [3.05, 3.63) is 0 Å². The molecule has 0 fully saturated rings. The number of nitrogens with two attached hydrogens (primary N) is 2. The minimum atomic E-state index is -4.16. The van der Waals surface area contributed by atoms with E-state index in [1.54, 1.807) is 0 Å². The largest absolute Gasteiger partial charge is 0.480 e. The number of rotatable bonds is 10. The molecule has 0 rings (SSSR count). The van der Waals surface area contributed by atoms with E-state index >= 15 is 0 Å². The van der Waals surface area contributed by atoms with Gasteiger partial charge in [0.25, 0.3) is 0 Å². The molecule has 0 heterocycles. The van der Waals surface area contributed by atoms with Crippen LogP contribution in [0.4, 0.5) is 26.3 Å². The maximum absolute atomic E-state index is 11.6. The van der Waals surface area contributed by atoms with Crippen LogP contribution >= 0.6 is 24.8 Å². The highest BCUT2D eigenvalue weighted by Gasteiger charge is 2.26. The Balaban J connectivity index is -0.000000120. The van der Waals surface area contributed by atoms with Crippen molar-refractivity contribution < 1.29 is 46.1 Å². The number of carboxylic acid groups (broad SMARTS) is 2. The molecule has 0 bridgehead atoms. The van der Waals surface area contributed by atoms with Crippen LogP contribution in [-0.2, 0) is 9.59 Å². The van der Waals surface area contributed by atoms with Gasteiger partial charge >= 0.3 is 24.3 Å². The number of carboxylic acids is 2. The van der Waals surface area contributed by atoms with Crippen molar-refractivity contribution in [2.45, 2.75) is 83.2 Å². The van der Waals surface area contributed by atoms with Crippen molar-refractivity contribution in [1.82, 2.24) is 0 Å². The van der Waals surface area contributed by atoms with Gasteiger partial charge in [0.15, 0.2) is 0 Å². The molecular weight excluding hydrogens is 457 g/mol. The lowest BCUT2D eigenvalue weighted by Crippen LogP contribution is -2.29. The Morgan fingerprint density at radius 3 is 1.10 bits per heavy atom. The van der Waals surface area contributed by atoms with E-state index in [2.05, 4.69) is 0 Å². The third-order valence-corrected chi connectivity index (χ3v) is 3.09. The van der Waals surface area contributed by atoms with Crippen LogP contribution in [-0.4, -0.2) is 46.6 Å². The van der Waals surface area contributed by atoms with Gasteiger partial charge in [-0.3, -0.25) is 9.59 Å². The molecule has 0 aromatic heterocycles. The highest BCUT2D eigenvalue weighted by atomic mass is 35.5. The first-order valence-corrected chi connectivity index (χ1v) is 7.76. The Labute approximate surface area is 178 Å². The fourth-order valence-corrected chi connectivity index (χ4v) is 1.63. The van der Waals surface area contributed by atoms with Crippen molar-refractivity contribution >= 4 is 36.8 Å². The lowest BCUT2D eigenvalue weighted by molar-refractivity contribution is -0.140. The molecule has 0 aliphatic heterocycles. The monoisotopic (exact) mass is 486 g/mol. The Hall–Kier alpha value is -0.980. The first-order valence-electron chi connectivity index (χ1n) is 7.76. The standard InChI is InChI=1S/2C7H12F3NO2.CH4.2ClH/c2*8-7(9,10)4-2-1-3-5(11)6(12)13;;;/h2*5H,1-4,11H2,(H,12,13);1H4;2*1H/t2*5-;;;/m10.../s1. The summed E-state index contributed by atoms with van der Waals surface area (Å²) < 4.78 is 69.5. The summed E-state index contributed by atoms with van der Waals surface area (Å²) in [4.78, 5) is 20.3. The van der Waals surface area contributed by atoms with Crippen molar-refractivity contribution in [3.8, 4) is 0 Å². The van der Waals surface area contributed by atoms with Crippen LogP contribution in [0.2, 0.25) is 0 Å². The summed E-state index contributed by atoms with van der Waals surface area (Å²) >= 11 is 0. The van der Waals surface area contributed by atoms with Gasteiger partial charge in [-0.25, -0.2) is 0 Å². The van der Waals surface area contributed by atoms with Crippen LogP contribution < -0.4 is 11.5 Å². The second kappa shape index (κ2) is 19.0. The fraction of sp³-hybridized carbons (Fsp3) is 0.867. The zero-order chi connectivity index (χ0) is 21.0. The van der Waals surface area contributed by atoms with Crippen LogP contribution in [0.15, 0.2) is 0 Å². The number of alkyl halides is 6. The van der Waals surface area contributed by atoms with Gasteiger partial charge in [0.2, 0.25) is 0 Å². The SMILES string of the molecule is C.Cl.Cl.N[C@@H](CCCCC(F)(F)F)C(=O)O.N[C@H](CCCCC(F)(F)F)C(=O)O. The summed E-state index contributed by atoms with van der Waals surface area (Å²) in [5, 5.41) is 16.6. The molecule has 0 spiro atoms. The third-order valence-electron chi connectivity index (χ3n) is 3.09. The van der Waals surface area contributed by atoms with Crippen LogP contribution in [0.1, 0.15) is 58.8 Å². The fourth-order valence-electron chi connectivity index (χ4n) is 1.63. The smallest absolute Gasteiger partial charge is 0.389 e. The number of unbranched alkanes of at least 4 members (excludes halogenated alkanes) is 2. The van der Waals surface area contributed by atoms with Gasteiger partial charge in [-0.1, -0.05) is 20.3 Å². The summed E-state index contributed by atoms with van der Waals surface area (Å²) in [5.41, 5.74) is 10.2. The van der Waals surface area contributed by atoms with Crippen molar-refractivity contribution in [1.29, 1.82) is 0 Å². The predicted octanol–water partition coefficient (Wildman–Crippen LogP) is 4.52. The summed E-state index contributed by atoms with van der Waals surface area (Å²) in [6.45, 7) is 0.